The molecular weight excluding hydrogens is 453 g/mol. The number of hydrogen-bond donors (Lipinski definition) is 2. The molecule has 35 heavy (non-hydrogen) atoms. The standard InChI is InChI=1S/C26H34FN3O5/c1-4-33-22-15-19(16-23(34-5-2)24(22)35-6-3)25(31)28-17-18-11-13-30(14-12-18)26(32)29-21-9-7-20(27)8-10-21/h7-10,15-16,18H,4-6,11-14,17H2,1-3H3,(H,28,31)(H,29,32). The molecule has 2 aromatic rings. The van der Waals surface area contributed by atoms with Crippen LogP contribution in [0.4, 0.5) is 14.9 Å². The van der Waals surface area contributed by atoms with Crippen LogP contribution in [-0.4, -0.2) is 56.3 Å². The lowest BCUT2D eigenvalue weighted by atomic mass is 9.97. The van der Waals surface area contributed by atoms with Gasteiger partial charge in [0.05, 0.1) is 19.8 Å². The van der Waals surface area contributed by atoms with E-state index in [0.717, 1.165) is 12.8 Å². The van der Waals surface area contributed by atoms with Gasteiger partial charge in [-0.1, -0.05) is 0 Å². The predicted molar refractivity (Wildman–Crippen MR) is 132 cm³/mol. The fraction of sp³-hybridized carbons (Fsp3) is 0.462. The number of nitrogens with zero attached hydrogens (tertiary/aromatic N) is 1. The zero-order chi connectivity index (χ0) is 25.2. The van der Waals surface area contributed by atoms with Crippen molar-refractivity contribution in [2.24, 2.45) is 5.92 Å². The molecule has 3 rings (SSSR count). The lowest BCUT2D eigenvalue weighted by Crippen LogP contribution is -2.43. The zero-order valence-electron chi connectivity index (χ0n) is 20.6. The van der Waals surface area contributed by atoms with E-state index in [9.17, 15) is 14.0 Å². The molecule has 1 saturated heterocycles. The first-order valence-corrected chi connectivity index (χ1v) is 12.1. The Morgan fingerprint density at radius 1 is 0.943 bits per heavy atom. The maximum Gasteiger partial charge on any atom is 0.321 e. The fourth-order valence-corrected chi connectivity index (χ4v) is 3.93. The Balaban J connectivity index is 1.54. The number of nitrogens with one attached hydrogen (secondary N) is 2. The first-order valence-electron chi connectivity index (χ1n) is 12.1. The second-order valence-electron chi connectivity index (χ2n) is 8.18. The first kappa shape index (κ1) is 26.1. The molecule has 1 aliphatic rings. The van der Waals surface area contributed by atoms with Crippen LogP contribution in [-0.2, 0) is 0 Å². The molecule has 0 bridgehead atoms. The van der Waals surface area contributed by atoms with Gasteiger partial charge in [0.25, 0.3) is 5.91 Å². The molecule has 0 spiro atoms. The number of hydrogen-bond acceptors (Lipinski definition) is 5. The minimum Gasteiger partial charge on any atom is -0.490 e. The topological polar surface area (TPSA) is 89.1 Å². The number of carbonyl (C=O) groups excluding carboxylic acids is 2. The Hall–Kier alpha value is -3.49. The summed E-state index contributed by atoms with van der Waals surface area (Å²) in [6.07, 6.45) is 1.55. The molecule has 0 aliphatic carbocycles. The lowest BCUT2D eigenvalue weighted by Gasteiger charge is -2.32. The van der Waals surface area contributed by atoms with E-state index in [1.54, 1.807) is 17.0 Å². The molecule has 9 heteroatoms. The number of urea groups is 1. The summed E-state index contributed by atoms with van der Waals surface area (Å²) in [6.45, 7) is 8.61. The number of likely N-dealkylation sites (tertiary alicyclic amines) is 1. The average molecular weight is 488 g/mol. The van der Waals surface area contributed by atoms with Gasteiger partial charge in [-0.15, -0.1) is 0 Å². The van der Waals surface area contributed by atoms with Gasteiger partial charge in [0, 0.05) is 30.9 Å². The maximum atomic E-state index is 13.0. The van der Waals surface area contributed by atoms with Gasteiger partial charge in [-0.3, -0.25) is 4.79 Å². The monoisotopic (exact) mass is 487 g/mol. The number of rotatable bonds is 10. The van der Waals surface area contributed by atoms with Crippen molar-refractivity contribution in [2.45, 2.75) is 33.6 Å². The smallest absolute Gasteiger partial charge is 0.321 e. The largest absolute Gasteiger partial charge is 0.490 e. The number of anilines is 1. The Labute approximate surface area is 205 Å². The third-order valence-electron chi connectivity index (χ3n) is 5.72. The lowest BCUT2D eigenvalue weighted by molar-refractivity contribution is 0.0937. The van der Waals surface area contributed by atoms with Crippen molar-refractivity contribution in [3.05, 3.63) is 47.8 Å². The average Bonchev–Trinajstić information content (AvgIpc) is 2.86. The van der Waals surface area contributed by atoms with Gasteiger partial charge in [0.1, 0.15) is 5.82 Å². The highest BCUT2D eigenvalue weighted by molar-refractivity contribution is 5.95. The summed E-state index contributed by atoms with van der Waals surface area (Å²) in [7, 11) is 0. The van der Waals surface area contributed by atoms with E-state index < -0.39 is 0 Å². The van der Waals surface area contributed by atoms with Crippen molar-refractivity contribution in [2.75, 3.05) is 44.8 Å². The van der Waals surface area contributed by atoms with Crippen molar-refractivity contribution in [1.29, 1.82) is 0 Å². The van der Waals surface area contributed by atoms with Crippen molar-refractivity contribution < 1.29 is 28.2 Å². The molecule has 190 valence electrons. The number of amides is 3. The summed E-state index contributed by atoms with van der Waals surface area (Å²) in [6, 6.07) is 8.83. The van der Waals surface area contributed by atoms with Crippen molar-refractivity contribution in [3.63, 3.8) is 0 Å². The van der Waals surface area contributed by atoms with Gasteiger partial charge >= 0.3 is 6.03 Å². The van der Waals surface area contributed by atoms with Gasteiger partial charge in [-0.05, 0) is 75.9 Å². The predicted octanol–water partition coefficient (Wildman–Crippen LogP) is 4.70. The first-order chi connectivity index (χ1) is 16.9. The number of benzene rings is 2. The van der Waals surface area contributed by atoms with Crippen LogP contribution >= 0.6 is 0 Å². The molecule has 1 fully saturated rings. The summed E-state index contributed by atoms with van der Waals surface area (Å²) < 4.78 is 30.1. The third kappa shape index (κ3) is 7.24. The van der Waals surface area contributed by atoms with E-state index in [1.807, 2.05) is 20.8 Å². The Kier molecular flexibility index (Phi) is 9.57. The second-order valence-corrected chi connectivity index (χ2v) is 8.18. The molecule has 0 saturated carbocycles. The van der Waals surface area contributed by atoms with Crippen molar-refractivity contribution >= 4 is 17.6 Å². The van der Waals surface area contributed by atoms with Gasteiger partial charge in [0.15, 0.2) is 11.5 Å². The molecule has 1 aliphatic heterocycles. The van der Waals surface area contributed by atoms with Crippen LogP contribution in [0.2, 0.25) is 0 Å². The minimum atomic E-state index is -0.348. The third-order valence-corrected chi connectivity index (χ3v) is 5.72. The summed E-state index contributed by atoms with van der Waals surface area (Å²) in [4.78, 5) is 27.1. The zero-order valence-corrected chi connectivity index (χ0v) is 20.6. The molecule has 1 heterocycles. The molecule has 2 N–H and O–H groups in total. The number of piperidine rings is 1. The summed E-state index contributed by atoms with van der Waals surface area (Å²) in [5.41, 5.74) is 0.996. The molecule has 0 radical (unpaired) electrons. The molecular formula is C26H34FN3O5. The van der Waals surface area contributed by atoms with Crippen LogP contribution in [0.3, 0.4) is 0 Å². The summed E-state index contributed by atoms with van der Waals surface area (Å²) in [5, 5.41) is 5.79. The quantitative estimate of drug-likeness (QED) is 0.507. The van der Waals surface area contributed by atoms with Crippen LogP contribution in [0, 0.1) is 11.7 Å². The van der Waals surface area contributed by atoms with Crippen LogP contribution in [0.1, 0.15) is 44.0 Å². The summed E-state index contributed by atoms with van der Waals surface area (Å²) in [5.74, 6) is 1.15. The Morgan fingerprint density at radius 2 is 1.51 bits per heavy atom. The van der Waals surface area contributed by atoms with Crippen LogP contribution in [0.25, 0.3) is 0 Å². The van der Waals surface area contributed by atoms with Crippen molar-refractivity contribution in [3.8, 4) is 17.2 Å². The minimum absolute atomic E-state index is 0.208. The molecule has 8 nitrogen and oxygen atoms in total. The highest BCUT2D eigenvalue weighted by Gasteiger charge is 2.24. The number of halogens is 1. The maximum absolute atomic E-state index is 13.0. The van der Waals surface area contributed by atoms with Gasteiger partial charge in [-0.25, -0.2) is 9.18 Å². The van der Waals surface area contributed by atoms with E-state index in [2.05, 4.69) is 10.6 Å². The molecule has 3 amide bonds. The van der Waals surface area contributed by atoms with Crippen LogP contribution in [0.5, 0.6) is 17.2 Å². The van der Waals surface area contributed by atoms with E-state index >= 15 is 0 Å². The Bertz CT molecular complexity index is 964. The van der Waals surface area contributed by atoms with Crippen molar-refractivity contribution in [1.82, 2.24) is 10.2 Å². The molecule has 0 atom stereocenters. The van der Waals surface area contributed by atoms with Gasteiger partial charge in [-0.2, -0.15) is 0 Å². The van der Waals surface area contributed by atoms with E-state index in [-0.39, 0.29) is 23.7 Å². The second kappa shape index (κ2) is 12.8. The highest BCUT2D eigenvalue weighted by atomic mass is 19.1. The SMILES string of the molecule is CCOc1cc(C(=O)NCC2CCN(C(=O)Nc3ccc(F)cc3)CC2)cc(OCC)c1OCC. The van der Waals surface area contributed by atoms with Gasteiger partial charge in [0.2, 0.25) is 5.75 Å². The highest BCUT2D eigenvalue weighted by Crippen LogP contribution is 2.39. The van der Waals surface area contributed by atoms with Gasteiger partial charge < -0.3 is 29.7 Å². The molecule has 0 unspecified atom stereocenters. The number of ether oxygens (including phenoxy) is 3. The van der Waals surface area contributed by atoms with E-state index in [1.165, 1.54) is 24.3 Å². The number of carbonyl (C=O) groups is 2. The molecule has 2 aromatic carbocycles. The normalized spacial score (nSPS) is 13.8. The molecule has 0 aromatic heterocycles. The van der Waals surface area contributed by atoms with E-state index in [4.69, 9.17) is 14.2 Å². The summed E-state index contributed by atoms with van der Waals surface area (Å²) >= 11 is 0. The van der Waals surface area contributed by atoms with Crippen LogP contribution in [0.15, 0.2) is 36.4 Å². The van der Waals surface area contributed by atoms with Crippen LogP contribution < -0.4 is 24.8 Å². The Morgan fingerprint density at radius 3 is 2.06 bits per heavy atom. The fourth-order valence-electron chi connectivity index (χ4n) is 3.93. The van der Waals surface area contributed by atoms with E-state index in [0.29, 0.717) is 68.0 Å².